The van der Waals surface area contributed by atoms with Crippen LogP contribution in [0.3, 0.4) is 0 Å². The average molecular weight is 202 g/mol. The van der Waals surface area contributed by atoms with Gasteiger partial charge in [0.05, 0.1) is 0 Å². The number of carbonyl (C=O) groups is 1. The third-order valence-corrected chi connectivity index (χ3v) is 2.28. The summed E-state index contributed by atoms with van der Waals surface area (Å²) in [6.45, 7) is 5.14. The molecule has 84 valence electrons. The molecule has 0 saturated heterocycles. The van der Waals surface area contributed by atoms with E-state index in [1.165, 1.54) is 0 Å². The molecule has 0 aromatic carbocycles. The molecule has 2 atom stereocenters. The SMILES string of the molecule is COCCCCNC(=O)C(C)C(C)N. The van der Waals surface area contributed by atoms with Crippen LogP contribution in [-0.2, 0) is 9.53 Å². The van der Waals surface area contributed by atoms with Crippen molar-refractivity contribution in [2.24, 2.45) is 11.7 Å². The Morgan fingerprint density at radius 3 is 2.57 bits per heavy atom. The van der Waals surface area contributed by atoms with Gasteiger partial charge in [-0.15, -0.1) is 0 Å². The molecule has 14 heavy (non-hydrogen) atoms. The van der Waals surface area contributed by atoms with Crippen LogP contribution in [0.15, 0.2) is 0 Å². The topological polar surface area (TPSA) is 64.3 Å². The van der Waals surface area contributed by atoms with Gasteiger partial charge in [-0.2, -0.15) is 0 Å². The Kier molecular flexibility index (Phi) is 7.42. The molecule has 4 nitrogen and oxygen atoms in total. The van der Waals surface area contributed by atoms with Crippen LogP contribution in [0.25, 0.3) is 0 Å². The minimum absolute atomic E-state index is 0.0393. The average Bonchev–Trinajstić information content (AvgIpc) is 2.16. The molecular formula is C10H22N2O2. The maximum absolute atomic E-state index is 11.4. The fourth-order valence-corrected chi connectivity index (χ4v) is 0.983. The number of nitrogens with two attached hydrogens (primary N) is 1. The molecule has 2 unspecified atom stereocenters. The van der Waals surface area contributed by atoms with Crippen molar-refractivity contribution in [1.82, 2.24) is 5.32 Å². The Bertz CT molecular complexity index is 160. The van der Waals surface area contributed by atoms with Crippen molar-refractivity contribution in [2.45, 2.75) is 32.7 Å². The molecule has 0 rings (SSSR count). The lowest BCUT2D eigenvalue weighted by Gasteiger charge is -2.15. The van der Waals surface area contributed by atoms with Gasteiger partial charge < -0.3 is 15.8 Å². The van der Waals surface area contributed by atoms with Crippen molar-refractivity contribution in [3.63, 3.8) is 0 Å². The van der Waals surface area contributed by atoms with Gasteiger partial charge in [0.2, 0.25) is 5.91 Å². The van der Waals surface area contributed by atoms with Crippen LogP contribution in [0.4, 0.5) is 0 Å². The molecule has 0 aliphatic rings. The third-order valence-electron chi connectivity index (χ3n) is 2.28. The van der Waals surface area contributed by atoms with E-state index < -0.39 is 0 Å². The van der Waals surface area contributed by atoms with Crippen LogP contribution in [-0.4, -0.2) is 32.2 Å². The Labute approximate surface area is 86.2 Å². The van der Waals surface area contributed by atoms with Crippen molar-refractivity contribution >= 4 is 5.91 Å². The summed E-state index contributed by atoms with van der Waals surface area (Å²) in [6, 6.07) is -0.0889. The van der Waals surface area contributed by atoms with Gasteiger partial charge in [0.15, 0.2) is 0 Å². The predicted molar refractivity (Wildman–Crippen MR) is 56.9 cm³/mol. The van der Waals surface area contributed by atoms with Gasteiger partial charge in [-0.05, 0) is 19.8 Å². The van der Waals surface area contributed by atoms with E-state index in [4.69, 9.17) is 10.5 Å². The predicted octanol–water partition coefficient (Wildman–Crippen LogP) is 0.513. The minimum atomic E-state index is -0.113. The zero-order valence-corrected chi connectivity index (χ0v) is 9.38. The first-order valence-electron chi connectivity index (χ1n) is 5.11. The summed E-state index contributed by atoms with van der Waals surface area (Å²) >= 11 is 0. The number of hydrogen-bond acceptors (Lipinski definition) is 3. The summed E-state index contributed by atoms with van der Waals surface area (Å²) in [6.07, 6.45) is 1.93. The van der Waals surface area contributed by atoms with E-state index in [0.717, 1.165) is 19.4 Å². The molecule has 0 radical (unpaired) electrons. The highest BCUT2D eigenvalue weighted by atomic mass is 16.5. The summed E-state index contributed by atoms with van der Waals surface area (Å²) in [5.74, 6) is -0.0742. The zero-order chi connectivity index (χ0) is 11.0. The number of amides is 1. The Hall–Kier alpha value is -0.610. The largest absolute Gasteiger partial charge is 0.385 e. The van der Waals surface area contributed by atoms with Crippen LogP contribution in [0.1, 0.15) is 26.7 Å². The van der Waals surface area contributed by atoms with E-state index >= 15 is 0 Å². The van der Waals surface area contributed by atoms with Crippen LogP contribution >= 0.6 is 0 Å². The van der Waals surface area contributed by atoms with Crippen molar-refractivity contribution < 1.29 is 9.53 Å². The zero-order valence-electron chi connectivity index (χ0n) is 9.38. The van der Waals surface area contributed by atoms with Crippen LogP contribution in [0, 0.1) is 5.92 Å². The van der Waals surface area contributed by atoms with Gasteiger partial charge in [-0.3, -0.25) is 4.79 Å². The van der Waals surface area contributed by atoms with Crippen LogP contribution in [0.2, 0.25) is 0 Å². The Morgan fingerprint density at radius 2 is 2.07 bits per heavy atom. The summed E-state index contributed by atoms with van der Waals surface area (Å²) < 4.78 is 4.90. The summed E-state index contributed by atoms with van der Waals surface area (Å²) in [7, 11) is 1.68. The van der Waals surface area contributed by atoms with Gasteiger partial charge in [0, 0.05) is 32.2 Å². The second kappa shape index (κ2) is 7.76. The quantitative estimate of drug-likeness (QED) is 0.591. The first-order valence-corrected chi connectivity index (χ1v) is 5.11. The highest BCUT2D eigenvalue weighted by Crippen LogP contribution is 1.99. The van der Waals surface area contributed by atoms with Gasteiger partial charge in [0.1, 0.15) is 0 Å². The van der Waals surface area contributed by atoms with E-state index in [9.17, 15) is 4.79 Å². The third kappa shape index (κ3) is 5.94. The molecule has 3 N–H and O–H groups in total. The van der Waals surface area contributed by atoms with Crippen molar-refractivity contribution in [1.29, 1.82) is 0 Å². The van der Waals surface area contributed by atoms with E-state index in [1.807, 2.05) is 13.8 Å². The number of methoxy groups -OCH3 is 1. The maximum Gasteiger partial charge on any atom is 0.224 e. The number of hydrogen-bond donors (Lipinski definition) is 2. The summed E-state index contributed by atoms with van der Waals surface area (Å²) in [5, 5.41) is 2.85. The lowest BCUT2D eigenvalue weighted by Crippen LogP contribution is -2.38. The smallest absolute Gasteiger partial charge is 0.224 e. The first-order chi connectivity index (χ1) is 6.59. The van der Waals surface area contributed by atoms with Gasteiger partial charge in [0.25, 0.3) is 0 Å². The summed E-state index contributed by atoms with van der Waals surface area (Å²) in [5.41, 5.74) is 5.61. The normalized spacial score (nSPS) is 14.9. The van der Waals surface area contributed by atoms with Crippen LogP contribution < -0.4 is 11.1 Å². The van der Waals surface area contributed by atoms with Gasteiger partial charge in [-0.1, -0.05) is 6.92 Å². The van der Waals surface area contributed by atoms with Gasteiger partial charge in [-0.25, -0.2) is 0 Å². The van der Waals surface area contributed by atoms with Crippen LogP contribution in [0.5, 0.6) is 0 Å². The summed E-state index contributed by atoms with van der Waals surface area (Å²) in [4.78, 5) is 11.4. The monoisotopic (exact) mass is 202 g/mol. The molecule has 0 spiro atoms. The second-order valence-electron chi connectivity index (χ2n) is 3.64. The van der Waals surface area contributed by atoms with Crippen molar-refractivity contribution in [3.8, 4) is 0 Å². The van der Waals surface area contributed by atoms with E-state index in [1.54, 1.807) is 7.11 Å². The van der Waals surface area contributed by atoms with Crippen molar-refractivity contribution in [3.05, 3.63) is 0 Å². The molecule has 4 heteroatoms. The first kappa shape index (κ1) is 13.4. The highest BCUT2D eigenvalue weighted by Gasteiger charge is 2.15. The molecule has 0 aliphatic heterocycles. The number of nitrogens with one attached hydrogen (secondary N) is 1. The van der Waals surface area contributed by atoms with E-state index in [2.05, 4.69) is 5.32 Å². The fraction of sp³-hybridized carbons (Fsp3) is 0.900. The molecule has 0 aliphatic carbocycles. The number of ether oxygens (including phenoxy) is 1. The lowest BCUT2D eigenvalue weighted by atomic mass is 10.0. The molecule has 1 amide bonds. The van der Waals surface area contributed by atoms with E-state index in [-0.39, 0.29) is 17.9 Å². The Balaban J connectivity index is 3.44. The molecular weight excluding hydrogens is 180 g/mol. The lowest BCUT2D eigenvalue weighted by molar-refractivity contribution is -0.124. The molecule has 0 bridgehead atoms. The maximum atomic E-state index is 11.4. The number of rotatable bonds is 7. The van der Waals surface area contributed by atoms with Gasteiger partial charge >= 0.3 is 0 Å². The highest BCUT2D eigenvalue weighted by molar-refractivity contribution is 5.78. The Morgan fingerprint density at radius 1 is 1.43 bits per heavy atom. The molecule has 0 saturated carbocycles. The minimum Gasteiger partial charge on any atom is -0.385 e. The number of carbonyl (C=O) groups excluding carboxylic acids is 1. The molecule has 0 heterocycles. The number of unbranched alkanes of at least 4 members (excludes halogenated alkanes) is 1. The molecule has 0 aromatic rings. The fourth-order valence-electron chi connectivity index (χ4n) is 0.983. The van der Waals surface area contributed by atoms with E-state index in [0.29, 0.717) is 6.54 Å². The molecule has 0 aromatic heterocycles. The molecule has 0 fully saturated rings. The standard InChI is InChI=1S/C10H22N2O2/c1-8(9(2)11)10(13)12-6-4-5-7-14-3/h8-9H,4-7,11H2,1-3H3,(H,12,13). The van der Waals surface area contributed by atoms with Crippen molar-refractivity contribution in [2.75, 3.05) is 20.3 Å². The second-order valence-corrected chi connectivity index (χ2v) is 3.64.